The van der Waals surface area contributed by atoms with Crippen molar-refractivity contribution in [2.75, 3.05) is 11.8 Å². The molecular weight excluding hydrogens is 534 g/mol. The van der Waals surface area contributed by atoms with Crippen molar-refractivity contribution < 1.29 is 17.9 Å². The highest BCUT2D eigenvalue weighted by molar-refractivity contribution is 9.11. The number of rotatable bonds is 7. The number of halogens is 2. The SMILES string of the molecule is COc1ccc(/C=C/C(=O)c2ccc(NS(=O)(=O)c3cc(Br)ccc3Br)cc2)cc1. The number of ketones is 1. The van der Waals surface area contributed by atoms with Crippen LogP contribution in [0.1, 0.15) is 15.9 Å². The number of hydrogen-bond donors (Lipinski definition) is 1. The third-order valence-corrected chi connectivity index (χ3v) is 7.02. The lowest BCUT2D eigenvalue weighted by molar-refractivity contribution is 0.104. The summed E-state index contributed by atoms with van der Waals surface area (Å²) in [4.78, 5) is 12.5. The van der Waals surface area contributed by atoms with Gasteiger partial charge in [0, 0.05) is 20.2 Å². The van der Waals surface area contributed by atoms with E-state index in [0.717, 1.165) is 11.3 Å². The van der Waals surface area contributed by atoms with Crippen LogP contribution in [0.4, 0.5) is 5.69 Å². The Labute approximate surface area is 192 Å². The molecule has 0 aliphatic heterocycles. The Morgan fingerprint density at radius 2 is 1.63 bits per heavy atom. The minimum Gasteiger partial charge on any atom is -0.497 e. The van der Waals surface area contributed by atoms with Crippen molar-refractivity contribution in [2.45, 2.75) is 4.90 Å². The summed E-state index contributed by atoms with van der Waals surface area (Å²) in [6.45, 7) is 0. The molecule has 0 radical (unpaired) electrons. The summed E-state index contributed by atoms with van der Waals surface area (Å²) >= 11 is 6.53. The van der Waals surface area contributed by atoms with Crippen LogP contribution in [0.5, 0.6) is 5.75 Å². The summed E-state index contributed by atoms with van der Waals surface area (Å²) in [6.07, 6.45) is 3.18. The second kappa shape index (κ2) is 9.59. The molecule has 5 nitrogen and oxygen atoms in total. The van der Waals surface area contributed by atoms with Crippen LogP contribution in [0.3, 0.4) is 0 Å². The van der Waals surface area contributed by atoms with E-state index >= 15 is 0 Å². The van der Waals surface area contributed by atoms with E-state index in [1.165, 1.54) is 12.1 Å². The Bertz CT molecular complexity index is 1190. The summed E-state index contributed by atoms with van der Waals surface area (Å²) < 4.78 is 34.0. The number of carbonyl (C=O) groups excluding carboxylic acids is 1. The van der Waals surface area contributed by atoms with Gasteiger partial charge in [0.1, 0.15) is 10.6 Å². The van der Waals surface area contributed by atoms with Gasteiger partial charge in [-0.1, -0.05) is 34.1 Å². The Hall–Kier alpha value is -2.42. The molecule has 3 rings (SSSR count). The molecule has 0 aromatic heterocycles. The molecule has 8 heteroatoms. The van der Waals surface area contributed by atoms with Crippen molar-refractivity contribution in [1.29, 1.82) is 0 Å². The number of methoxy groups -OCH3 is 1. The highest BCUT2D eigenvalue weighted by atomic mass is 79.9. The molecule has 0 spiro atoms. The molecule has 3 aromatic rings. The number of benzene rings is 3. The lowest BCUT2D eigenvalue weighted by Crippen LogP contribution is -2.13. The first-order valence-corrected chi connectivity index (χ1v) is 11.8. The summed E-state index contributed by atoms with van der Waals surface area (Å²) in [5.41, 5.74) is 1.68. The van der Waals surface area contributed by atoms with Crippen molar-refractivity contribution in [3.8, 4) is 5.75 Å². The molecule has 0 fully saturated rings. The average molecular weight is 551 g/mol. The number of carbonyl (C=O) groups is 1. The molecule has 0 amide bonds. The fourth-order valence-corrected chi connectivity index (χ4v) is 5.14. The quantitative estimate of drug-likeness (QED) is 0.293. The topological polar surface area (TPSA) is 72.5 Å². The van der Waals surface area contributed by atoms with Crippen LogP contribution >= 0.6 is 31.9 Å². The fraction of sp³-hybridized carbons (Fsp3) is 0.0455. The number of anilines is 1. The molecule has 0 heterocycles. The third kappa shape index (κ3) is 5.59. The van der Waals surface area contributed by atoms with Crippen molar-refractivity contribution in [2.24, 2.45) is 0 Å². The fourth-order valence-electron chi connectivity index (χ4n) is 2.58. The lowest BCUT2D eigenvalue weighted by atomic mass is 10.1. The van der Waals surface area contributed by atoms with Gasteiger partial charge in [0.05, 0.1) is 7.11 Å². The smallest absolute Gasteiger partial charge is 0.263 e. The second-order valence-electron chi connectivity index (χ2n) is 6.23. The first-order valence-electron chi connectivity index (χ1n) is 8.73. The van der Waals surface area contributed by atoms with Gasteiger partial charge in [-0.2, -0.15) is 0 Å². The summed E-state index contributed by atoms with van der Waals surface area (Å²) in [7, 11) is -2.19. The molecule has 0 saturated heterocycles. The molecule has 0 saturated carbocycles. The van der Waals surface area contributed by atoms with E-state index in [9.17, 15) is 13.2 Å². The predicted octanol–water partition coefficient (Wildman–Crippen LogP) is 5.92. The first-order chi connectivity index (χ1) is 14.3. The van der Waals surface area contributed by atoms with E-state index in [1.54, 1.807) is 49.6 Å². The third-order valence-electron chi connectivity index (χ3n) is 4.15. The maximum atomic E-state index is 12.6. The van der Waals surface area contributed by atoms with Gasteiger partial charge in [-0.05, 0) is 82.2 Å². The minimum absolute atomic E-state index is 0.111. The minimum atomic E-state index is -3.79. The van der Waals surface area contributed by atoms with E-state index in [0.29, 0.717) is 20.2 Å². The second-order valence-corrected chi connectivity index (χ2v) is 9.65. The molecule has 1 N–H and O–H groups in total. The number of nitrogens with one attached hydrogen (secondary N) is 1. The lowest BCUT2D eigenvalue weighted by Gasteiger charge is -2.10. The molecule has 0 aliphatic rings. The Kier molecular flexibility index (Phi) is 7.12. The van der Waals surface area contributed by atoms with Crippen molar-refractivity contribution in [3.63, 3.8) is 0 Å². The molecular formula is C22H17Br2NO4S. The Balaban J connectivity index is 1.71. The molecule has 3 aromatic carbocycles. The van der Waals surface area contributed by atoms with Crippen molar-refractivity contribution >= 4 is 59.4 Å². The molecule has 0 aliphatic carbocycles. The largest absolute Gasteiger partial charge is 0.497 e. The van der Waals surface area contributed by atoms with E-state index in [4.69, 9.17) is 4.74 Å². The summed E-state index contributed by atoms with van der Waals surface area (Å²) in [5.74, 6) is 0.557. The monoisotopic (exact) mass is 549 g/mol. The van der Waals surface area contributed by atoms with Crippen molar-refractivity contribution in [1.82, 2.24) is 0 Å². The van der Waals surface area contributed by atoms with Crippen LogP contribution in [-0.4, -0.2) is 21.3 Å². The van der Waals surface area contributed by atoms with Crippen LogP contribution in [0, 0.1) is 0 Å². The predicted molar refractivity (Wildman–Crippen MR) is 125 cm³/mol. The van der Waals surface area contributed by atoms with Gasteiger partial charge >= 0.3 is 0 Å². The normalized spacial score (nSPS) is 11.4. The number of allylic oxidation sites excluding steroid dienone is 1. The first kappa shape index (κ1) is 22.3. The van der Waals surface area contributed by atoms with Crippen LogP contribution in [-0.2, 0) is 10.0 Å². The maximum Gasteiger partial charge on any atom is 0.263 e. The number of hydrogen-bond acceptors (Lipinski definition) is 4. The number of ether oxygens (including phenoxy) is 1. The zero-order chi connectivity index (χ0) is 21.7. The van der Waals surface area contributed by atoms with Crippen LogP contribution in [0.2, 0.25) is 0 Å². The van der Waals surface area contributed by atoms with Gasteiger partial charge < -0.3 is 4.74 Å². The van der Waals surface area contributed by atoms with E-state index in [-0.39, 0.29) is 10.7 Å². The Morgan fingerprint density at radius 1 is 0.967 bits per heavy atom. The standard InChI is InChI=1S/C22H17Br2NO4S/c1-29-19-10-2-15(3-11-19)4-13-21(26)16-5-8-18(9-6-16)25-30(27,28)22-14-17(23)7-12-20(22)24/h2-14,25H,1H3/b13-4+. The highest BCUT2D eigenvalue weighted by Gasteiger charge is 2.18. The molecule has 30 heavy (non-hydrogen) atoms. The van der Waals surface area contributed by atoms with Crippen molar-refractivity contribution in [3.05, 3.63) is 92.9 Å². The van der Waals surface area contributed by atoms with Crippen LogP contribution in [0.15, 0.2) is 86.6 Å². The maximum absolute atomic E-state index is 12.6. The molecule has 0 bridgehead atoms. The average Bonchev–Trinajstić information content (AvgIpc) is 2.74. The van der Waals surface area contributed by atoms with Gasteiger partial charge in [-0.25, -0.2) is 8.42 Å². The number of sulfonamides is 1. The zero-order valence-corrected chi connectivity index (χ0v) is 19.8. The van der Waals surface area contributed by atoms with E-state index in [1.807, 2.05) is 24.3 Å². The summed E-state index contributed by atoms with van der Waals surface area (Å²) in [5, 5.41) is 0. The van der Waals surface area contributed by atoms with Gasteiger partial charge in [0.15, 0.2) is 5.78 Å². The van der Waals surface area contributed by atoms with Crippen LogP contribution < -0.4 is 9.46 Å². The molecule has 0 unspecified atom stereocenters. The highest BCUT2D eigenvalue weighted by Crippen LogP contribution is 2.27. The van der Waals surface area contributed by atoms with Gasteiger partial charge in [-0.3, -0.25) is 9.52 Å². The summed E-state index contributed by atoms with van der Waals surface area (Å²) in [6, 6.07) is 18.5. The van der Waals surface area contributed by atoms with Crippen LogP contribution in [0.25, 0.3) is 6.08 Å². The van der Waals surface area contributed by atoms with Gasteiger partial charge in [0.25, 0.3) is 10.0 Å². The molecule has 154 valence electrons. The van der Waals surface area contributed by atoms with Gasteiger partial charge in [-0.15, -0.1) is 0 Å². The zero-order valence-electron chi connectivity index (χ0n) is 15.8. The molecule has 0 atom stereocenters. The Morgan fingerprint density at radius 3 is 2.27 bits per heavy atom. The van der Waals surface area contributed by atoms with E-state index in [2.05, 4.69) is 36.6 Å². The van der Waals surface area contributed by atoms with Gasteiger partial charge in [0.2, 0.25) is 0 Å². The van der Waals surface area contributed by atoms with E-state index < -0.39 is 10.0 Å².